The van der Waals surface area contributed by atoms with Crippen molar-refractivity contribution in [2.45, 2.75) is 25.3 Å². The Balaban J connectivity index is 2.21. The second-order valence-electron chi connectivity index (χ2n) is 5.82. The third-order valence-electron chi connectivity index (χ3n) is 3.91. The lowest BCUT2D eigenvalue weighted by molar-refractivity contribution is 0.139. The van der Waals surface area contributed by atoms with Gasteiger partial charge in [0.05, 0.1) is 31.8 Å². The highest BCUT2D eigenvalue weighted by Gasteiger charge is 2.17. The molecule has 3 rings (SSSR count). The van der Waals surface area contributed by atoms with Crippen LogP contribution < -0.4 is 4.80 Å². The predicted octanol–water partition coefficient (Wildman–Crippen LogP) is 4.64. The van der Waals surface area contributed by atoms with Gasteiger partial charge < -0.3 is 9.30 Å². The number of aryl methyl sites for hydroxylation is 1. The van der Waals surface area contributed by atoms with Crippen LogP contribution in [0, 0.1) is 6.92 Å². The summed E-state index contributed by atoms with van der Waals surface area (Å²) >= 11 is 13.9. The zero-order chi connectivity index (χ0) is 19.6. The van der Waals surface area contributed by atoms with Crippen LogP contribution in [0.15, 0.2) is 45.7 Å². The SMILES string of the molecule is CCOCCn1/c(=N/S(=O)(=O)c2ccc(C)cc2)sc2c(Cl)ccc(Cl)c21. The molecule has 0 amide bonds. The van der Waals surface area contributed by atoms with Gasteiger partial charge in [-0.05, 0) is 38.1 Å². The Morgan fingerprint density at radius 3 is 2.44 bits per heavy atom. The highest BCUT2D eigenvalue weighted by atomic mass is 35.5. The molecule has 0 saturated heterocycles. The van der Waals surface area contributed by atoms with Crippen LogP contribution >= 0.6 is 34.5 Å². The van der Waals surface area contributed by atoms with E-state index in [4.69, 9.17) is 27.9 Å². The summed E-state index contributed by atoms with van der Waals surface area (Å²) in [6.45, 7) is 5.17. The van der Waals surface area contributed by atoms with Gasteiger partial charge in [-0.25, -0.2) is 0 Å². The van der Waals surface area contributed by atoms with Gasteiger partial charge in [-0.1, -0.05) is 52.2 Å². The molecule has 0 saturated carbocycles. The number of fused-ring (bicyclic) bond motifs is 1. The fraction of sp³-hybridized carbons (Fsp3) is 0.278. The molecule has 0 aliphatic carbocycles. The Morgan fingerprint density at radius 2 is 1.78 bits per heavy atom. The minimum atomic E-state index is -3.87. The molecule has 0 fully saturated rings. The summed E-state index contributed by atoms with van der Waals surface area (Å²) in [4.78, 5) is 0.444. The number of hydrogen-bond acceptors (Lipinski definition) is 4. The van der Waals surface area contributed by atoms with Crippen LogP contribution in [0.1, 0.15) is 12.5 Å². The molecule has 0 bridgehead atoms. The summed E-state index contributed by atoms with van der Waals surface area (Å²) in [5.74, 6) is 0. The largest absolute Gasteiger partial charge is 0.380 e. The first kappa shape index (κ1) is 20.4. The summed E-state index contributed by atoms with van der Waals surface area (Å²) in [5, 5.41) is 0.982. The molecule has 2 aromatic carbocycles. The third-order valence-corrected chi connectivity index (χ3v) is 7.15. The lowest BCUT2D eigenvalue weighted by Gasteiger charge is -2.07. The van der Waals surface area contributed by atoms with E-state index in [0.717, 1.165) is 5.56 Å². The van der Waals surface area contributed by atoms with E-state index in [0.29, 0.717) is 44.8 Å². The number of sulfonamides is 1. The molecule has 0 radical (unpaired) electrons. The molecule has 144 valence electrons. The van der Waals surface area contributed by atoms with E-state index >= 15 is 0 Å². The maximum absolute atomic E-state index is 12.8. The van der Waals surface area contributed by atoms with Gasteiger partial charge in [-0.3, -0.25) is 0 Å². The van der Waals surface area contributed by atoms with Crippen molar-refractivity contribution in [1.82, 2.24) is 4.57 Å². The van der Waals surface area contributed by atoms with Crippen molar-refractivity contribution in [2.75, 3.05) is 13.2 Å². The Hall–Kier alpha value is -1.38. The molecule has 0 N–H and O–H groups in total. The molecule has 5 nitrogen and oxygen atoms in total. The van der Waals surface area contributed by atoms with E-state index in [1.165, 1.54) is 11.3 Å². The summed E-state index contributed by atoms with van der Waals surface area (Å²) < 4.78 is 37.5. The van der Waals surface area contributed by atoms with Crippen molar-refractivity contribution in [3.63, 3.8) is 0 Å². The van der Waals surface area contributed by atoms with Crippen LogP contribution in [-0.4, -0.2) is 26.2 Å². The van der Waals surface area contributed by atoms with Gasteiger partial charge in [0.1, 0.15) is 0 Å². The van der Waals surface area contributed by atoms with Crippen molar-refractivity contribution in [3.05, 3.63) is 56.8 Å². The molecule has 0 spiro atoms. The van der Waals surface area contributed by atoms with Crippen molar-refractivity contribution in [2.24, 2.45) is 4.40 Å². The Labute approximate surface area is 171 Å². The average molecular weight is 445 g/mol. The van der Waals surface area contributed by atoms with Gasteiger partial charge in [0, 0.05) is 13.2 Å². The first-order valence-corrected chi connectivity index (χ1v) is 11.3. The van der Waals surface area contributed by atoms with Gasteiger partial charge >= 0.3 is 0 Å². The molecule has 0 unspecified atom stereocenters. The fourth-order valence-corrected chi connectivity index (χ4v) is 5.43. The first-order valence-electron chi connectivity index (χ1n) is 8.26. The topological polar surface area (TPSA) is 60.7 Å². The van der Waals surface area contributed by atoms with Crippen molar-refractivity contribution >= 4 is 54.8 Å². The van der Waals surface area contributed by atoms with Crippen molar-refractivity contribution in [3.8, 4) is 0 Å². The minimum Gasteiger partial charge on any atom is -0.380 e. The molecule has 0 aliphatic rings. The van der Waals surface area contributed by atoms with Gasteiger partial charge in [0.2, 0.25) is 4.80 Å². The number of hydrogen-bond donors (Lipinski definition) is 0. The van der Waals surface area contributed by atoms with Crippen molar-refractivity contribution < 1.29 is 13.2 Å². The highest BCUT2D eigenvalue weighted by Crippen LogP contribution is 2.32. The second-order valence-corrected chi connectivity index (χ2v) is 9.22. The van der Waals surface area contributed by atoms with Crippen molar-refractivity contribution in [1.29, 1.82) is 0 Å². The molecule has 9 heteroatoms. The van der Waals surface area contributed by atoms with Crippen LogP contribution in [0.2, 0.25) is 10.0 Å². The molecular weight excluding hydrogens is 427 g/mol. The fourth-order valence-electron chi connectivity index (χ4n) is 2.55. The lowest BCUT2D eigenvalue weighted by atomic mass is 10.2. The molecule has 1 heterocycles. The number of rotatable bonds is 6. The number of benzene rings is 2. The van der Waals surface area contributed by atoms with Crippen LogP contribution in [0.4, 0.5) is 0 Å². The molecule has 1 aromatic heterocycles. The van der Waals surface area contributed by atoms with E-state index in [-0.39, 0.29) is 4.90 Å². The third kappa shape index (κ3) is 4.38. The molecule has 0 aliphatic heterocycles. The standard InChI is InChI=1S/C18H18Cl2N2O3S2/c1-3-25-11-10-22-16-14(19)8-9-15(20)17(16)26-18(22)21-27(23,24)13-6-4-12(2)5-7-13/h4-9H,3,10-11H2,1-2H3/b21-18-. The highest BCUT2D eigenvalue weighted by molar-refractivity contribution is 7.90. The number of nitrogens with zero attached hydrogens (tertiary/aromatic N) is 2. The maximum atomic E-state index is 12.8. The van der Waals surface area contributed by atoms with E-state index in [1.807, 2.05) is 13.8 Å². The minimum absolute atomic E-state index is 0.138. The van der Waals surface area contributed by atoms with Gasteiger partial charge in [-0.2, -0.15) is 8.42 Å². The zero-order valence-corrected chi connectivity index (χ0v) is 17.9. The van der Waals surface area contributed by atoms with E-state index in [2.05, 4.69) is 4.40 Å². The van der Waals surface area contributed by atoms with E-state index in [1.54, 1.807) is 41.0 Å². The first-order chi connectivity index (χ1) is 12.8. The Morgan fingerprint density at radius 1 is 1.11 bits per heavy atom. The van der Waals surface area contributed by atoms with Gasteiger partial charge in [0.15, 0.2) is 0 Å². The van der Waals surface area contributed by atoms with E-state index in [9.17, 15) is 8.42 Å². The maximum Gasteiger partial charge on any atom is 0.285 e. The van der Waals surface area contributed by atoms with E-state index < -0.39 is 10.0 Å². The number of thiazole rings is 1. The van der Waals surface area contributed by atoms with Crippen LogP contribution in [-0.2, 0) is 21.3 Å². The summed E-state index contributed by atoms with van der Waals surface area (Å²) in [5.41, 5.74) is 1.63. The predicted molar refractivity (Wildman–Crippen MR) is 110 cm³/mol. The second kappa shape index (κ2) is 8.32. The van der Waals surface area contributed by atoms with Gasteiger partial charge in [-0.15, -0.1) is 4.40 Å². The number of ether oxygens (including phenoxy) is 1. The summed E-state index contributed by atoms with van der Waals surface area (Å²) in [6, 6.07) is 9.95. The molecule has 27 heavy (non-hydrogen) atoms. The number of aromatic nitrogens is 1. The lowest BCUT2D eigenvalue weighted by Crippen LogP contribution is -2.20. The summed E-state index contributed by atoms with van der Waals surface area (Å²) in [7, 11) is -3.87. The van der Waals surface area contributed by atoms with Crippen LogP contribution in [0.25, 0.3) is 10.2 Å². The smallest absolute Gasteiger partial charge is 0.285 e. The van der Waals surface area contributed by atoms with Gasteiger partial charge in [0.25, 0.3) is 10.0 Å². The quantitative estimate of drug-likeness (QED) is 0.520. The monoisotopic (exact) mass is 444 g/mol. The number of halogens is 2. The molecular formula is C18H18Cl2N2O3S2. The Kier molecular flexibility index (Phi) is 6.28. The normalized spacial score (nSPS) is 12.8. The summed E-state index contributed by atoms with van der Waals surface area (Å²) in [6.07, 6.45) is 0. The van der Waals surface area contributed by atoms with Crippen LogP contribution in [0.5, 0.6) is 0 Å². The molecule has 0 atom stereocenters. The zero-order valence-electron chi connectivity index (χ0n) is 14.8. The Bertz CT molecular complexity index is 1130. The van der Waals surface area contributed by atoms with Crippen LogP contribution in [0.3, 0.4) is 0 Å². The molecule has 3 aromatic rings. The average Bonchev–Trinajstić information content (AvgIpc) is 2.98.